The number of nitrogens with zero attached hydrogens (tertiary/aromatic N) is 3. The molecule has 0 aliphatic carbocycles. The summed E-state index contributed by atoms with van der Waals surface area (Å²) in [5, 5.41) is 5.38. The Hall–Kier alpha value is -1.72. The Bertz CT molecular complexity index is 746. The van der Waals surface area contributed by atoms with Gasteiger partial charge in [0, 0.05) is 12.6 Å². The highest BCUT2D eigenvalue weighted by atomic mass is 32.1. The number of hydrogen-bond acceptors (Lipinski definition) is 5. The van der Waals surface area contributed by atoms with Crippen molar-refractivity contribution in [2.45, 2.75) is 38.8 Å². The summed E-state index contributed by atoms with van der Waals surface area (Å²) in [6, 6.07) is 10.8. The molecule has 4 rings (SSSR count). The Labute approximate surface area is 133 Å². The summed E-state index contributed by atoms with van der Waals surface area (Å²) in [7, 11) is 0. The van der Waals surface area contributed by atoms with Gasteiger partial charge in [0.25, 0.3) is 0 Å². The second-order valence-corrected chi connectivity index (χ2v) is 6.99. The van der Waals surface area contributed by atoms with Gasteiger partial charge in [-0.1, -0.05) is 23.7 Å². The summed E-state index contributed by atoms with van der Waals surface area (Å²) < 4.78 is 6.48. The Kier molecular flexibility index (Phi) is 3.68. The van der Waals surface area contributed by atoms with Crippen molar-refractivity contribution < 1.29 is 4.52 Å². The van der Waals surface area contributed by atoms with Gasteiger partial charge < -0.3 is 4.52 Å². The standard InChI is InChI=1S/C17H19N3OS/c1-12-10-13(19-21-12)11-20-9-5-4-7-15(20)17-18-14-6-2-3-8-16(14)22-17/h2-3,6,8,10,15H,4-5,7,9,11H2,1H3/t15-/m1/s1. The smallest absolute Gasteiger partial charge is 0.133 e. The number of benzene rings is 1. The maximum atomic E-state index is 5.21. The lowest BCUT2D eigenvalue weighted by Gasteiger charge is -2.33. The number of aromatic nitrogens is 2. The molecule has 4 nitrogen and oxygen atoms in total. The summed E-state index contributed by atoms with van der Waals surface area (Å²) in [6.07, 6.45) is 3.70. The lowest BCUT2D eigenvalue weighted by molar-refractivity contribution is 0.137. The zero-order valence-corrected chi connectivity index (χ0v) is 13.5. The van der Waals surface area contributed by atoms with Crippen LogP contribution in [0.2, 0.25) is 0 Å². The van der Waals surface area contributed by atoms with Gasteiger partial charge in [-0.2, -0.15) is 0 Å². The molecule has 0 spiro atoms. The van der Waals surface area contributed by atoms with Crippen LogP contribution in [0.1, 0.15) is 41.8 Å². The molecule has 2 aromatic heterocycles. The van der Waals surface area contributed by atoms with Gasteiger partial charge in [-0.05, 0) is 38.4 Å². The number of thiazole rings is 1. The van der Waals surface area contributed by atoms with Crippen LogP contribution in [0, 0.1) is 6.92 Å². The molecule has 0 amide bonds. The first-order valence-corrected chi connectivity index (χ1v) is 8.63. The van der Waals surface area contributed by atoms with Crippen LogP contribution < -0.4 is 0 Å². The molecule has 1 fully saturated rings. The minimum absolute atomic E-state index is 0.406. The molecular formula is C17H19N3OS. The fourth-order valence-corrected chi connectivity index (χ4v) is 4.33. The number of hydrogen-bond donors (Lipinski definition) is 0. The first-order chi connectivity index (χ1) is 10.8. The Morgan fingerprint density at radius 3 is 3.05 bits per heavy atom. The number of rotatable bonds is 3. The minimum Gasteiger partial charge on any atom is -0.361 e. The summed E-state index contributed by atoms with van der Waals surface area (Å²) >= 11 is 1.83. The van der Waals surface area contributed by atoms with E-state index in [2.05, 4.69) is 34.3 Å². The minimum atomic E-state index is 0.406. The maximum absolute atomic E-state index is 5.21. The van der Waals surface area contributed by atoms with E-state index in [1.165, 1.54) is 29.0 Å². The van der Waals surface area contributed by atoms with Crippen molar-refractivity contribution in [3.8, 4) is 0 Å². The third-order valence-corrected chi connectivity index (χ3v) is 5.39. The van der Waals surface area contributed by atoms with Crippen molar-refractivity contribution in [3.63, 3.8) is 0 Å². The van der Waals surface area contributed by atoms with E-state index in [-0.39, 0.29) is 0 Å². The SMILES string of the molecule is Cc1cc(CN2CCCC[C@@H]2c2nc3ccccc3s2)no1. The van der Waals surface area contributed by atoms with Crippen molar-refractivity contribution in [1.82, 2.24) is 15.0 Å². The van der Waals surface area contributed by atoms with Crippen LogP contribution in [0.25, 0.3) is 10.2 Å². The Morgan fingerprint density at radius 1 is 1.32 bits per heavy atom. The fourth-order valence-electron chi connectivity index (χ4n) is 3.19. The van der Waals surface area contributed by atoms with Crippen LogP contribution in [0.3, 0.4) is 0 Å². The highest BCUT2D eigenvalue weighted by Gasteiger charge is 2.27. The van der Waals surface area contributed by atoms with Gasteiger partial charge in [0.1, 0.15) is 10.8 Å². The van der Waals surface area contributed by atoms with E-state index < -0.39 is 0 Å². The molecule has 22 heavy (non-hydrogen) atoms. The Morgan fingerprint density at radius 2 is 2.23 bits per heavy atom. The van der Waals surface area contributed by atoms with Crippen molar-refractivity contribution in [3.05, 3.63) is 46.8 Å². The van der Waals surface area contributed by atoms with Gasteiger partial charge in [0.05, 0.1) is 22.0 Å². The van der Waals surface area contributed by atoms with Crippen LogP contribution in [0.4, 0.5) is 0 Å². The Balaban J connectivity index is 1.62. The summed E-state index contributed by atoms with van der Waals surface area (Å²) in [5.41, 5.74) is 2.14. The number of aryl methyl sites for hydroxylation is 1. The number of fused-ring (bicyclic) bond motifs is 1. The van der Waals surface area contributed by atoms with Crippen LogP contribution in [0.15, 0.2) is 34.9 Å². The van der Waals surface area contributed by atoms with Gasteiger partial charge in [0.2, 0.25) is 0 Å². The highest BCUT2D eigenvalue weighted by Crippen LogP contribution is 2.36. The number of piperidine rings is 1. The van der Waals surface area contributed by atoms with E-state index >= 15 is 0 Å². The number of likely N-dealkylation sites (tertiary alicyclic amines) is 1. The van der Waals surface area contributed by atoms with Crippen molar-refractivity contribution in [2.24, 2.45) is 0 Å². The molecule has 0 unspecified atom stereocenters. The van der Waals surface area contributed by atoms with E-state index in [0.29, 0.717) is 6.04 Å². The van der Waals surface area contributed by atoms with Crippen molar-refractivity contribution in [1.29, 1.82) is 0 Å². The molecular weight excluding hydrogens is 294 g/mol. The van der Waals surface area contributed by atoms with E-state index in [1.807, 2.05) is 24.3 Å². The normalized spacial score (nSPS) is 19.8. The van der Waals surface area contributed by atoms with Gasteiger partial charge in [0.15, 0.2) is 0 Å². The largest absolute Gasteiger partial charge is 0.361 e. The molecule has 114 valence electrons. The molecule has 0 saturated carbocycles. The van der Waals surface area contributed by atoms with Gasteiger partial charge in [-0.15, -0.1) is 11.3 Å². The summed E-state index contributed by atoms with van der Waals surface area (Å²) in [5.74, 6) is 0.878. The molecule has 3 heterocycles. The zero-order valence-electron chi connectivity index (χ0n) is 12.7. The van der Waals surface area contributed by atoms with Crippen molar-refractivity contribution >= 4 is 21.6 Å². The monoisotopic (exact) mass is 313 g/mol. The molecule has 1 aliphatic heterocycles. The molecule has 1 saturated heterocycles. The quantitative estimate of drug-likeness (QED) is 0.722. The number of para-hydroxylation sites is 1. The summed E-state index contributed by atoms with van der Waals surface area (Å²) in [6.45, 7) is 3.89. The van der Waals surface area contributed by atoms with E-state index in [1.54, 1.807) is 0 Å². The molecule has 3 aromatic rings. The van der Waals surface area contributed by atoms with E-state index in [0.717, 1.165) is 30.1 Å². The van der Waals surface area contributed by atoms with Crippen molar-refractivity contribution in [2.75, 3.05) is 6.54 Å². The lowest BCUT2D eigenvalue weighted by atomic mass is 10.0. The first-order valence-electron chi connectivity index (χ1n) is 7.81. The van der Waals surface area contributed by atoms with Gasteiger partial charge >= 0.3 is 0 Å². The topological polar surface area (TPSA) is 42.2 Å². The molecule has 1 atom stereocenters. The third kappa shape index (κ3) is 2.66. The predicted molar refractivity (Wildman–Crippen MR) is 87.9 cm³/mol. The fraction of sp³-hybridized carbons (Fsp3) is 0.412. The van der Waals surface area contributed by atoms with Crippen LogP contribution >= 0.6 is 11.3 Å². The molecule has 0 radical (unpaired) electrons. The molecule has 0 bridgehead atoms. The second kappa shape index (κ2) is 5.82. The van der Waals surface area contributed by atoms with Gasteiger partial charge in [-0.3, -0.25) is 4.90 Å². The van der Waals surface area contributed by atoms with Crippen LogP contribution in [-0.2, 0) is 6.54 Å². The molecule has 1 aromatic carbocycles. The van der Waals surface area contributed by atoms with E-state index in [4.69, 9.17) is 9.51 Å². The van der Waals surface area contributed by atoms with Crippen LogP contribution in [0.5, 0.6) is 0 Å². The first kappa shape index (κ1) is 13.9. The third-order valence-electron chi connectivity index (χ3n) is 4.25. The average Bonchev–Trinajstić information content (AvgIpc) is 3.14. The van der Waals surface area contributed by atoms with E-state index in [9.17, 15) is 0 Å². The highest BCUT2D eigenvalue weighted by molar-refractivity contribution is 7.18. The molecule has 5 heteroatoms. The zero-order chi connectivity index (χ0) is 14.9. The molecule has 0 N–H and O–H groups in total. The molecule has 1 aliphatic rings. The van der Waals surface area contributed by atoms with Crippen LogP contribution in [-0.4, -0.2) is 21.6 Å². The maximum Gasteiger partial charge on any atom is 0.133 e. The average molecular weight is 313 g/mol. The summed E-state index contributed by atoms with van der Waals surface area (Å²) in [4.78, 5) is 7.36. The predicted octanol–water partition coefficient (Wildman–Crippen LogP) is 4.32. The second-order valence-electron chi connectivity index (χ2n) is 5.93. The van der Waals surface area contributed by atoms with Gasteiger partial charge in [-0.25, -0.2) is 4.98 Å². The lowest BCUT2D eigenvalue weighted by Crippen LogP contribution is -2.32.